The van der Waals surface area contributed by atoms with Crippen LogP contribution in [0.15, 0.2) is 36.5 Å². The second kappa shape index (κ2) is 5.44. The topological polar surface area (TPSA) is 63.9 Å². The molecule has 0 fully saturated rings. The zero-order valence-corrected chi connectivity index (χ0v) is 9.02. The Kier molecular flexibility index (Phi) is 3.69. The van der Waals surface area contributed by atoms with Crippen LogP contribution in [0.4, 0.5) is 0 Å². The predicted octanol–water partition coefficient (Wildman–Crippen LogP) is 1.55. The van der Waals surface area contributed by atoms with E-state index in [0.29, 0.717) is 19.8 Å². The Balaban J connectivity index is 2.00. The van der Waals surface area contributed by atoms with E-state index in [4.69, 9.17) is 10.5 Å². The van der Waals surface area contributed by atoms with Gasteiger partial charge in [-0.25, -0.2) is 0 Å². The number of aromatic nitrogens is 2. The average Bonchev–Trinajstić information content (AvgIpc) is 2.84. The summed E-state index contributed by atoms with van der Waals surface area (Å²) < 4.78 is 5.35. The second-order valence-corrected chi connectivity index (χ2v) is 3.51. The third kappa shape index (κ3) is 2.68. The van der Waals surface area contributed by atoms with Crippen molar-refractivity contribution in [1.82, 2.24) is 10.2 Å². The van der Waals surface area contributed by atoms with Crippen molar-refractivity contribution in [3.05, 3.63) is 42.1 Å². The molecule has 1 aromatic heterocycles. The monoisotopic (exact) mass is 217 g/mol. The van der Waals surface area contributed by atoms with E-state index in [-0.39, 0.29) is 0 Å². The second-order valence-electron chi connectivity index (χ2n) is 3.51. The summed E-state index contributed by atoms with van der Waals surface area (Å²) in [6.45, 7) is 1.77. The first-order valence-electron chi connectivity index (χ1n) is 5.26. The van der Waals surface area contributed by atoms with Crippen molar-refractivity contribution < 1.29 is 4.74 Å². The van der Waals surface area contributed by atoms with Crippen LogP contribution in [-0.2, 0) is 11.3 Å². The molecule has 0 saturated carbocycles. The summed E-state index contributed by atoms with van der Waals surface area (Å²) >= 11 is 0. The fraction of sp³-hybridized carbons (Fsp3) is 0.250. The van der Waals surface area contributed by atoms with Gasteiger partial charge in [0.25, 0.3) is 0 Å². The van der Waals surface area contributed by atoms with Crippen molar-refractivity contribution in [3.63, 3.8) is 0 Å². The van der Waals surface area contributed by atoms with Crippen molar-refractivity contribution >= 4 is 0 Å². The first-order chi connectivity index (χ1) is 7.90. The summed E-state index contributed by atoms with van der Waals surface area (Å²) in [5.41, 5.74) is 8.64. The molecule has 2 rings (SSSR count). The highest BCUT2D eigenvalue weighted by atomic mass is 16.5. The number of aromatic amines is 1. The minimum Gasteiger partial charge on any atom is -0.375 e. The molecule has 1 heterocycles. The molecule has 0 radical (unpaired) electrons. The van der Waals surface area contributed by atoms with Gasteiger partial charge < -0.3 is 10.5 Å². The third-order valence-electron chi connectivity index (χ3n) is 2.30. The Bertz CT molecular complexity index is 408. The smallest absolute Gasteiger partial charge is 0.0717 e. The summed E-state index contributed by atoms with van der Waals surface area (Å²) in [4.78, 5) is 0. The number of nitrogens with zero attached hydrogens (tertiary/aromatic N) is 1. The number of rotatable bonds is 5. The first-order valence-corrected chi connectivity index (χ1v) is 5.26. The SMILES string of the molecule is NCCOCc1ccc(-c2ccn[nH]2)cc1. The van der Waals surface area contributed by atoms with Crippen LogP contribution in [-0.4, -0.2) is 23.3 Å². The molecule has 16 heavy (non-hydrogen) atoms. The molecule has 0 unspecified atom stereocenters. The van der Waals surface area contributed by atoms with Gasteiger partial charge in [0.15, 0.2) is 0 Å². The van der Waals surface area contributed by atoms with Gasteiger partial charge in [0.2, 0.25) is 0 Å². The molecule has 0 amide bonds. The quantitative estimate of drug-likeness (QED) is 0.747. The fourth-order valence-electron chi connectivity index (χ4n) is 1.47. The number of benzene rings is 1. The highest BCUT2D eigenvalue weighted by molar-refractivity contribution is 5.58. The highest BCUT2D eigenvalue weighted by Crippen LogP contribution is 2.16. The molecule has 0 atom stereocenters. The summed E-state index contributed by atoms with van der Waals surface area (Å²) in [7, 11) is 0. The Morgan fingerprint density at radius 3 is 2.62 bits per heavy atom. The third-order valence-corrected chi connectivity index (χ3v) is 2.30. The molecule has 4 nitrogen and oxygen atoms in total. The van der Waals surface area contributed by atoms with Gasteiger partial charge in [-0.2, -0.15) is 5.10 Å². The van der Waals surface area contributed by atoms with E-state index in [1.54, 1.807) is 6.20 Å². The molecule has 0 spiro atoms. The maximum absolute atomic E-state index is 5.35. The Hall–Kier alpha value is -1.65. The first kappa shape index (κ1) is 10.9. The molecule has 84 valence electrons. The van der Waals surface area contributed by atoms with Crippen LogP contribution in [0.2, 0.25) is 0 Å². The van der Waals surface area contributed by atoms with Crippen LogP contribution in [0.1, 0.15) is 5.56 Å². The summed E-state index contributed by atoms with van der Waals surface area (Å²) in [5, 5.41) is 6.85. The van der Waals surface area contributed by atoms with Gasteiger partial charge in [0, 0.05) is 12.7 Å². The Morgan fingerprint density at radius 2 is 2.00 bits per heavy atom. The molecule has 1 aromatic carbocycles. The van der Waals surface area contributed by atoms with Crippen LogP contribution < -0.4 is 5.73 Å². The van der Waals surface area contributed by atoms with E-state index < -0.39 is 0 Å². The molecule has 0 aliphatic carbocycles. The molecule has 0 aliphatic heterocycles. The summed E-state index contributed by atoms with van der Waals surface area (Å²) in [5.74, 6) is 0. The largest absolute Gasteiger partial charge is 0.375 e. The normalized spacial score (nSPS) is 10.6. The molecule has 2 aromatic rings. The van der Waals surface area contributed by atoms with Gasteiger partial charge in [0.05, 0.1) is 18.9 Å². The minimum absolute atomic E-state index is 0.562. The van der Waals surface area contributed by atoms with Crippen molar-refractivity contribution in [1.29, 1.82) is 0 Å². The van der Waals surface area contributed by atoms with Crippen LogP contribution in [0, 0.1) is 0 Å². The molecule has 0 bridgehead atoms. The number of hydrogen-bond acceptors (Lipinski definition) is 3. The lowest BCUT2D eigenvalue weighted by Gasteiger charge is -2.03. The van der Waals surface area contributed by atoms with Crippen molar-refractivity contribution in [2.45, 2.75) is 6.61 Å². The van der Waals surface area contributed by atoms with Crippen LogP contribution >= 0.6 is 0 Å². The average molecular weight is 217 g/mol. The number of ether oxygens (including phenoxy) is 1. The lowest BCUT2D eigenvalue weighted by atomic mass is 10.1. The van der Waals surface area contributed by atoms with Gasteiger partial charge in [-0.1, -0.05) is 24.3 Å². The number of nitrogens with one attached hydrogen (secondary N) is 1. The van der Waals surface area contributed by atoms with Gasteiger partial charge in [0.1, 0.15) is 0 Å². The van der Waals surface area contributed by atoms with E-state index in [9.17, 15) is 0 Å². The number of hydrogen-bond donors (Lipinski definition) is 2. The van der Waals surface area contributed by atoms with Crippen LogP contribution in [0.25, 0.3) is 11.3 Å². The maximum atomic E-state index is 5.35. The lowest BCUT2D eigenvalue weighted by Crippen LogP contribution is -2.08. The molecular weight excluding hydrogens is 202 g/mol. The fourth-order valence-corrected chi connectivity index (χ4v) is 1.47. The van der Waals surface area contributed by atoms with Crippen molar-refractivity contribution in [2.75, 3.05) is 13.2 Å². The summed E-state index contributed by atoms with van der Waals surface area (Å²) in [6, 6.07) is 10.1. The van der Waals surface area contributed by atoms with E-state index in [2.05, 4.69) is 22.3 Å². The molecule has 4 heteroatoms. The molecular formula is C12H15N3O. The van der Waals surface area contributed by atoms with E-state index >= 15 is 0 Å². The number of nitrogens with two attached hydrogens (primary N) is 1. The minimum atomic E-state index is 0.562. The number of H-pyrrole nitrogens is 1. The van der Waals surface area contributed by atoms with Crippen LogP contribution in [0.5, 0.6) is 0 Å². The predicted molar refractivity (Wildman–Crippen MR) is 62.7 cm³/mol. The molecule has 0 aliphatic rings. The summed E-state index contributed by atoms with van der Waals surface area (Å²) in [6.07, 6.45) is 1.74. The zero-order valence-electron chi connectivity index (χ0n) is 9.02. The van der Waals surface area contributed by atoms with Crippen molar-refractivity contribution in [2.24, 2.45) is 5.73 Å². The zero-order chi connectivity index (χ0) is 11.2. The van der Waals surface area contributed by atoms with Crippen LogP contribution in [0.3, 0.4) is 0 Å². The maximum Gasteiger partial charge on any atom is 0.0717 e. The van der Waals surface area contributed by atoms with Gasteiger partial charge in [-0.15, -0.1) is 0 Å². The van der Waals surface area contributed by atoms with E-state index in [1.165, 1.54) is 0 Å². The van der Waals surface area contributed by atoms with Gasteiger partial charge >= 0.3 is 0 Å². The standard InChI is InChI=1S/C12H15N3O/c13-6-8-16-9-10-1-3-11(4-2-10)12-5-7-14-15-12/h1-5,7H,6,8-9,13H2,(H,14,15). The highest BCUT2D eigenvalue weighted by Gasteiger charge is 1.98. The van der Waals surface area contributed by atoms with E-state index in [0.717, 1.165) is 16.8 Å². The van der Waals surface area contributed by atoms with Crippen molar-refractivity contribution in [3.8, 4) is 11.3 Å². The van der Waals surface area contributed by atoms with Gasteiger partial charge in [-0.05, 0) is 17.2 Å². The molecule has 3 N–H and O–H groups in total. The lowest BCUT2D eigenvalue weighted by molar-refractivity contribution is 0.128. The Morgan fingerprint density at radius 1 is 1.19 bits per heavy atom. The molecule has 0 saturated heterocycles. The van der Waals surface area contributed by atoms with Gasteiger partial charge in [-0.3, -0.25) is 5.10 Å². The van der Waals surface area contributed by atoms with E-state index in [1.807, 2.05) is 18.2 Å². The Labute approximate surface area is 94.4 Å².